The predicted octanol–water partition coefficient (Wildman–Crippen LogP) is 3.34. The van der Waals surface area contributed by atoms with Crippen molar-refractivity contribution in [3.63, 3.8) is 0 Å². The minimum atomic E-state index is -0.202. The molecule has 1 saturated carbocycles. The van der Waals surface area contributed by atoms with Crippen LogP contribution in [0, 0.1) is 11.2 Å². The summed E-state index contributed by atoms with van der Waals surface area (Å²) in [6, 6.07) is 5.02. The van der Waals surface area contributed by atoms with Crippen LogP contribution in [-0.2, 0) is 11.2 Å². The van der Waals surface area contributed by atoms with E-state index >= 15 is 0 Å². The minimum Gasteiger partial charge on any atom is -0.370 e. The Morgan fingerprint density at radius 3 is 2.79 bits per heavy atom. The largest absolute Gasteiger partial charge is 0.370 e. The first kappa shape index (κ1) is 12.6. The summed E-state index contributed by atoms with van der Waals surface area (Å²) in [5.74, 6) is -0.186. The van der Waals surface area contributed by atoms with Crippen molar-refractivity contribution in [3.8, 4) is 0 Å². The monoisotopic (exact) mass is 261 g/mol. The number of carbonyl (C=O) groups excluding carboxylic acids is 1. The van der Waals surface area contributed by atoms with E-state index in [2.05, 4.69) is 4.90 Å². The van der Waals surface area contributed by atoms with Crippen molar-refractivity contribution in [1.82, 2.24) is 0 Å². The number of aldehydes is 1. The SMILES string of the molecule is O=CC1(CN2CCc3ccc(F)cc32)CCCCC1. The molecule has 2 aliphatic rings. The topological polar surface area (TPSA) is 20.3 Å². The van der Waals surface area contributed by atoms with Gasteiger partial charge in [-0.3, -0.25) is 0 Å². The quantitative estimate of drug-likeness (QED) is 0.778. The van der Waals surface area contributed by atoms with Gasteiger partial charge in [0.2, 0.25) is 0 Å². The molecule has 2 nitrogen and oxygen atoms in total. The van der Waals surface area contributed by atoms with Gasteiger partial charge in [-0.2, -0.15) is 0 Å². The van der Waals surface area contributed by atoms with Crippen molar-refractivity contribution in [2.75, 3.05) is 18.0 Å². The molecule has 3 heteroatoms. The van der Waals surface area contributed by atoms with Crippen LogP contribution in [0.5, 0.6) is 0 Å². The zero-order valence-corrected chi connectivity index (χ0v) is 11.2. The molecule has 1 heterocycles. The van der Waals surface area contributed by atoms with Gasteiger partial charge in [-0.15, -0.1) is 0 Å². The third-order valence-corrected chi connectivity index (χ3v) is 4.64. The van der Waals surface area contributed by atoms with Gasteiger partial charge in [0.05, 0.1) is 0 Å². The van der Waals surface area contributed by atoms with Crippen molar-refractivity contribution in [2.45, 2.75) is 38.5 Å². The zero-order chi connectivity index (χ0) is 13.3. The van der Waals surface area contributed by atoms with Crippen LogP contribution in [-0.4, -0.2) is 19.4 Å². The highest BCUT2D eigenvalue weighted by Crippen LogP contribution is 2.38. The fourth-order valence-electron chi connectivity index (χ4n) is 3.53. The minimum absolute atomic E-state index is 0.186. The third kappa shape index (κ3) is 2.38. The fraction of sp³-hybridized carbons (Fsp3) is 0.562. The number of fused-ring (bicyclic) bond motifs is 1. The molecule has 0 spiro atoms. The van der Waals surface area contributed by atoms with Crippen LogP contribution in [0.3, 0.4) is 0 Å². The smallest absolute Gasteiger partial charge is 0.127 e. The van der Waals surface area contributed by atoms with Gasteiger partial charge >= 0.3 is 0 Å². The second-order valence-electron chi connectivity index (χ2n) is 5.99. The normalized spacial score (nSPS) is 21.2. The first-order valence-electron chi connectivity index (χ1n) is 7.22. The van der Waals surface area contributed by atoms with E-state index in [4.69, 9.17) is 0 Å². The summed E-state index contributed by atoms with van der Waals surface area (Å²) in [6.45, 7) is 1.67. The Bertz CT molecular complexity index is 480. The summed E-state index contributed by atoms with van der Waals surface area (Å²) in [7, 11) is 0. The molecule has 3 rings (SSSR count). The number of hydrogen-bond donors (Lipinski definition) is 0. The highest BCUT2D eigenvalue weighted by molar-refractivity contribution is 5.64. The summed E-state index contributed by atoms with van der Waals surface area (Å²) in [5.41, 5.74) is 2.00. The molecular formula is C16H20FNO. The van der Waals surface area contributed by atoms with Gasteiger partial charge in [-0.25, -0.2) is 4.39 Å². The van der Waals surface area contributed by atoms with Crippen molar-refractivity contribution < 1.29 is 9.18 Å². The molecule has 0 amide bonds. The molecule has 102 valence electrons. The van der Waals surface area contributed by atoms with Crippen LogP contribution < -0.4 is 4.90 Å². The van der Waals surface area contributed by atoms with E-state index in [1.165, 1.54) is 18.1 Å². The van der Waals surface area contributed by atoms with Crippen LogP contribution in [0.2, 0.25) is 0 Å². The summed E-state index contributed by atoms with van der Waals surface area (Å²) in [6.07, 6.45) is 7.61. The number of anilines is 1. The van der Waals surface area contributed by atoms with E-state index in [0.29, 0.717) is 0 Å². The van der Waals surface area contributed by atoms with Gasteiger partial charge in [0.1, 0.15) is 12.1 Å². The lowest BCUT2D eigenvalue weighted by atomic mass is 9.75. The van der Waals surface area contributed by atoms with E-state index < -0.39 is 0 Å². The zero-order valence-electron chi connectivity index (χ0n) is 11.2. The molecule has 0 bridgehead atoms. The average molecular weight is 261 g/mol. The van der Waals surface area contributed by atoms with Gasteiger partial charge in [0.25, 0.3) is 0 Å². The lowest BCUT2D eigenvalue weighted by Gasteiger charge is -2.36. The average Bonchev–Trinajstić information content (AvgIpc) is 2.82. The lowest BCUT2D eigenvalue weighted by molar-refractivity contribution is -0.117. The Balaban J connectivity index is 1.81. The molecule has 0 unspecified atom stereocenters. The molecule has 0 saturated heterocycles. The number of halogens is 1. The highest BCUT2D eigenvalue weighted by Gasteiger charge is 2.35. The second kappa shape index (κ2) is 4.95. The summed E-state index contributed by atoms with van der Waals surface area (Å²) in [4.78, 5) is 13.8. The first-order valence-corrected chi connectivity index (χ1v) is 7.22. The molecular weight excluding hydrogens is 241 g/mol. The molecule has 1 aromatic carbocycles. The molecule has 0 atom stereocenters. The van der Waals surface area contributed by atoms with Gasteiger partial charge in [0, 0.05) is 24.2 Å². The van der Waals surface area contributed by atoms with Gasteiger partial charge in [0.15, 0.2) is 0 Å². The summed E-state index contributed by atoms with van der Waals surface area (Å²) in [5, 5.41) is 0. The Morgan fingerprint density at radius 2 is 2.05 bits per heavy atom. The number of carbonyl (C=O) groups is 1. The van der Waals surface area contributed by atoms with E-state index in [9.17, 15) is 9.18 Å². The summed E-state index contributed by atoms with van der Waals surface area (Å²) < 4.78 is 13.4. The molecule has 1 aliphatic carbocycles. The third-order valence-electron chi connectivity index (χ3n) is 4.64. The standard InChI is InChI=1S/C16H20FNO/c17-14-5-4-13-6-9-18(15(13)10-14)11-16(12-19)7-2-1-3-8-16/h4-5,10,12H,1-3,6-9,11H2. The molecule has 0 aromatic heterocycles. The van der Waals surface area contributed by atoms with Crippen LogP contribution in [0.15, 0.2) is 18.2 Å². The Kier molecular flexibility index (Phi) is 3.29. The lowest BCUT2D eigenvalue weighted by Crippen LogP contribution is -2.39. The van der Waals surface area contributed by atoms with Crippen molar-refractivity contribution >= 4 is 12.0 Å². The Morgan fingerprint density at radius 1 is 1.26 bits per heavy atom. The first-order chi connectivity index (χ1) is 9.22. The van der Waals surface area contributed by atoms with Gasteiger partial charge in [-0.1, -0.05) is 25.3 Å². The van der Waals surface area contributed by atoms with Gasteiger partial charge in [-0.05, 0) is 37.0 Å². The van der Waals surface area contributed by atoms with E-state index in [0.717, 1.165) is 57.2 Å². The molecule has 19 heavy (non-hydrogen) atoms. The predicted molar refractivity (Wildman–Crippen MR) is 73.9 cm³/mol. The number of benzene rings is 1. The van der Waals surface area contributed by atoms with Crippen molar-refractivity contribution in [1.29, 1.82) is 0 Å². The van der Waals surface area contributed by atoms with Crippen LogP contribution in [0.25, 0.3) is 0 Å². The molecule has 1 aliphatic heterocycles. The Labute approximate surface area is 113 Å². The summed E-state index contributed by atoms with van der Waals surface area (Å²) >= 11 is 0. The number of nitrogens with zero attached hydrogens (tertiary/aromatic N) is 1. The van der Waals surface area contributed by atoms with Crippen LogP contribution in [0.1, 0.15) is 37.7 Å². The van der Waals surface area contributed by atoms with Crippen molar-refractivity contribution in [3.05, 3.63) is 29.6 Å². The van der Waals surface area contributed by atoms with Gasteiger partial charge < -0.3 is 9.69 Å². The maximum absolute atomic E-state index is 13.4. The maximum atomic E-state index is 13.4. The van der Waals surface area contributed by atoms with E-state index in [1.807, 2.05) is 6.07 Å². The van der Waals surface area contributed by atoms with Crippen LogP contribution >= 0.6 is 0 Å². The maximum Gasteiger partial charge on any atom is 0.127 e. The molecule has 0 radical (unpaired) electrons. The van der Waals surface area contributed by atoms with Crippen LogP contribution in [0.4, 0.5) is 10.1 Å². The molecule has 1 aromatic rings. The van der Waals surface area contributed by atoms with E-state index in [1.54, 1.807) is 6.07 Å². The Hall–Kier alpha value is -1.38. The fourth-order valence-corrected chi connectivity index (χ4v) is 3.53. The second-order valence-corrected chi connectivity index (χ2v) is 5.99. The van der Waals surface area contributed by atoms with E-state index in [-0.39, 0.29) is 11.2 Å². The highest BCUT2D eigenvalue weighted by atomic mass is 19.1. The number of hydrogen-bond acceptors (Lipinski definition) is 2. The number of rotatable bonds is 3. The molecule has 1 fully saturated rings. The van der Waals surface area contributed by atoms with Crippen molar-refractivity contribution in [2.24, 2.45) is 5.41 Å². The molecule has 0 N–H and O–H groups in total.